The summed E-state index contributed by atoms with van der Waals surface area (Å²) in [6.45, 7) is 3.55. The molecular formula is C32H21ClN4O. The van der Waals surface area contributed by atoms with Gasteiger partial charge in [-0.2, -0.15) is 10.5 Å². The van der Waals surface area contributed by atoms with Gasteiger partial charge in [-0.15, -0.1) is 0 Å². The summed E-state index contributed by atoms with van der Waals surface area (Å²) in [6, 6.07) is 29.3. The summed E-state index contributed by atoms with van der Waals surface area (Å²) in [5, 5.41) is 34.4. The average molecular weight is 513 g/mol. The van der Waals surface area contributed by atoms with Gasteiger partial charge < -0.3 is 10.1 Å². The molecule has 0 atom stereocenters. The molecule has 0 fully saturated rings. The van der Waals surface area contributed by atoms with Crippen LogP contribution in [0.3, 0.4) is 0 Å². The number of aromatic nitrogens is 2. The zero-order valence-corrected chi connectivity index (χ0v) is 21.4. The molecule has 5 aromatic carbocycles. The number of nitrogens with one attached hydrogen (secondary N) is 1. The van der Waals surface area contributed by atoms with Crippen LogP contribution in [0, 0.1) is 22.7 Å². The Balaban J connectivity index is 1.67. The van der Waals surface area contributed by atoms with E-state index < -0.39 is 5.60 Å². The molecule has 0 aliphatic heterocycles. The number of nitrogens with zero attached hydrogens (tertiary/aromatic N) is 3. The van der Waals surface area contributed by atoms with E-state index in [1.807, 2.05) is 54.6 Å². The van der Waals surface area contributed by atoms with E-state index >= 15 is 0 Å². The first-order valence-electron chi connectivity index (χ1n) is 12.1. The predicted octanol–water partition coefficient (Wildman–Crippen LogP) is 7.83. The molecule has 182 valence electrons. The Morgan fingerprint density at radius 2 is 1.45 bits per heavy atom. The van der Waals surface area contributed by atoms with Gasteiger partial charge in [0.15, 0.2) is 0 Å². The molecule has 0 amide bonds. The maximum atomic E-state index is 10.5. The van der Waals surface area contributed by atoms with Crippen molar-refractivity contribution < 1.29 is 5.11 Å². The van der Waals surface area contributed by atoms with Gasteiger partial charge in [0.2, 0.25) is 0 Å². The van der Waals surface area contributed by atoms with Gasteiger partial charge in [0.1, 0.15) is 5.82 Å². The number of imidazole rings is 1. The summed E-state index contributed by atoms with van der Waals surface area (Å²) in [6.07, 6.45) is 0. The van der Waals surface area contributed by atoms with E-state index in [1.165, 1.54) is 0 Å². The molecule has 0 radical (unpaired) electrons. The van der Waals surface area contributed by atoms with E-state index in [9.17, 15) is 15.6 Å². The lowest BCUT2D eigenvalue weighted by molar-refractivity contribution is 0.0786. The monoisotopic (exact) mass is 512 g/mol. The molecule has 1 aromatic heterocycles. The van der Waals surface area contributed by atoms with Gasteiger partial charge in [-0.3, -0.25) is 0 Å². The number of fused-ring (bicyclic) bond motifs is 6. The van der Waals surface area contributed by atoms with Crippen LogP contribution < -0.4 is 0 Å². The van der Waals surface area contributed by atoms with Gasteiger partial charge in [0.05, 0.1) is 45.5 Å². The predicted molar refractivity (Wildman–Crippen MR) is 152 cm³/mol. The molecular weight excluding hydrogens is 492 g/mol. The van der Waals surface area contributed by atoms with Gasteiger partial charge in [0, 0.05) is 15.8 Å². The van der Waals surface area contributed by atoms with Crippen molar-refractivity contribution in [2.45, 2.75) is 19.4 Å². The molecule has 0 saturated heterocycles. The number of halogens is 1. The average Bonchev–Trinajstić information content (AvgIpc) is 3.37. The number of aliphatic hydroxyl groups is 1. The molecule has 6 rings (SSSR count). The number of hydrogen-bond acceptors (Lipinski definition) is 4. The van der Waals surface area contributed by atoms with Crippen molar-refractivity contribution in [1.82, 2.24) is 9.97 Å². The first kappa shape index (κ1) is 23.7. The zero-order chi connectivity index (χ0) is 26.6. The Labute approximate surface area is 224 Å². The van der Waals surface area contributed by atoms with Crippen LogP contribution in [0.15, 0.2) is 78.9 Å². The molecule has 0 spiro atoms. The molecule has 5 nitrogen and oxygen atoms in total. The molecule has 0 unspecified atom stereocenters. The normalized spacial score (nSPS) is 11.6. The highest BCUT2D eigenvalue weighted by atomic mass is 35.5. The highest BCUT2D eigenvalue weighted by Gasteiger charge is 2.20. The van der Waals surface area contributed by atoms with Crippen LogP contribution >= 0.6 is 11.6 Å². The second kappa shape index (κ2) is 8.71. The number of aromatic amines is 1. The first-order chi connectivity index (χ1) is 18.3. The van der Waals surface area contributed by atoms with Crippen LogP contribution in [0.5, 0.6) is 0 Å². The van der Waals surface area contributed by atoms with Crippen LogP contribution in [-0.4, -0.2) is 15.1 Å². The lowest BCUT2D eigenvalue weighted by Crippen LogP contribution is -2.15. The molecule has 2 N–H and O–H groups in total. The van der Waals surface area contributed by atoms with Crippen LogP contribution in [0.4, 0.5) is 0 Å². The third-order valence-corrected chi connectivity index (χ3v) is 7.20. The third-order valence-electron chi connectivity index (χ3n) is 6.96. The van der Waals surface area contributed by atoms with Gasteiger partial charge in [-0.1, -0.05) is 54.1 Å². The van der Waals surface area contributed by atoms with Crippen LogP contribution in [0.25, 0.3) is 55.1 Å². The zero-order valence-electron chi connectivity index (χ0n) is 20.7. The Kier molecular flexibility index (Phi) is 5.44. The fourth-order valence-electron chi connectivity index (χ4n) is 5.06. The van der Waals surface area contributed by atoms with Crippen molar-refractivity contribution in [1.29, 1.82) is 10.5 Å². The van der Waals surface area contributed by atoms with Crippen molar-refractivity contribution in [3.8, 4) is 34.7 Å². The number of H-pyrrole nitrogens is 1. The molecule has 38 heavy (non-hydrogen) atoms. The van der Waals surface area contributed by atoms with Gasteiger partial charge in [-0.25, -0.2) is 4.98 Å². The number of rotatable bonds is 3. The lowest BCUT2D eigenvalue weighted by atomic mass is 9.92. The number of nitriles is 2. The van der Waals surface area contributed by atoms with E-state index in [1.54, 1.807) is 32.0 Å². The van der Waals surface area contributed by atoms with Crippen molar-refractivity contribution in [3.63, 3.8) is 0 Å². The van der Waals surface area contributed by atoms with Gasteiger partial charge in [-0.05, 0) is 77.7 Å². The van der Waals surface area contributed by atoms with Gasteiger partial charge >= 0.3 is 0 Å². The quantitative estimate of drug-likeness (QED) is 0.236. The minimum atomic E-state index is -0.952. The molecule has 1 heterocycles. The molecule has 6 aromatic rings. The van der Waals surface area contributed by atoms with Crippen LogP contribution in [-0.2, 0) is 5.60 Å². The molecule has 0 aliphatic rings. The fourth-order valence-corrected chi connectivity index (χ4v) is 5.24. The molecule has 0 bridgehead atoms. The standard InChI is InChI=1S/C32H21ClN4O/c1-32(2,38)22-8-4-5-18(13-22)19-9-11-24-26(14-19)27-15-23(33)10-12-25(27)30-29(24)36-31(37-30)28-20(16-34)6-3-7-21(28)17-35/h3-15,38H,1-2H3,(H,36,37). The minimum Gasteiger partial charge on any atom is -0.386 e. The highest BCUT2D eigenvalue weighted by molar-refractivity contribution is 6.33. The Bertz CT molecular complexity index is 1970. The smallest absolute Gasteiger partial charge is 0.141 e. The SMILES string of the molecule is CC(C)(O)c1cccc(-c2ccc3c(c2)c2cc(Cl)ccc2c2[nH]c(-c4c(C#N)cccc4C#N)nc32)c1. The third kappa shape index (κ3) is 3.78. The highest BCUT2D eigenvalue weighted by Crippen LogP contribution is 2.39. The van der Waals surface area contributed by atoms with Crippen molar-refractivity contribution >= 4 is 44.2 Å². The van der Waals surface area contributed by atoms with E-state index in [4.69, 9.17) is 16.6 Å². The summed E-state index contributed by atoms with van der Waals surface area (Å²) >= 11 is 6.45. The van der Waals surface area contributed by atoms with E-state index in [2.05, 4.69) is 23.2 Å². The minimum absolute atomic E-state index is 0.383. The molecule has 0 saturated carbocycles. The van der Waals surface area contributed by atoms with E-state index in [-0.39, 0.29) is 0 Å². The van der Waals surface area contributed by atoms with Crippen molar-refractivity contribution in [2.24, 2.45) is 0 Å². The van der Waals surface area contributed by atoms with E-state index in [0.717, 1.165) is 49.3 Å². The number of benzene rings is 5. The second-order valence-electron chi connectivity index (χ2n) is 9.85. The Hall–Kier alpha value is -4.68. The van der Waals surface area contributed by atoms with Gasteiger partial charge in [0.25, 0.3) is 0 Å². The molecule has 0 aliphatic carbocycles. The maximum Gasteiger partial charge on any atom is 0.141 e. The fraction of sp³-hybridized carbons (Fsp3) is 0.0938. The van der Waals surface area contributed by atoms with Crippen molar-refractivity contribution in [2.75, 3.05) is 0 Å². The lowest BCUT2D eigenvalue weighted by Gasteiger charge is -2.18. The summed E-state index contributed by atoms with van der Waals surface area (Å²) in [7, 11) is 0. The number of hydrogen-bond donors (Lipinski definition) is 2. The van der Waals surface area contributed by atoms with E-state index in [0.29, 0.717) is 27.5 Å². The second-order valence-corrected chi connectivity index (χ2v) is 10.3. The molecule has 6 heteroatoms. The Morgan fingerprint density at radius 1 is 0.789 bits per heavy atom. The topological polar surface area (TPSA) is 96.5 Å². The largest absolute Gasteiger partial charge is 0.386 e. The van der Waals surface area contributed by atoms with Crippen LogP contribution in [0.1, 0.15) is 30.5 Å². The van der Waals surface area contributed by atoms with Crippen LogP contribution in [0.2, 0.25) is 5.02 Å². The summed E-state index contributed by atoms with van der Waals surface area (Å²) in [5.74, 6) is 0.472. The maximum absolute atomic E-state index is 10.5. The first-order valence-corrected chi connectivity index (χ1v) is 12.5. The van der Waals surface area contributed by atoms with Crippen molar-refractivity contribution in [3.05, 3.63) is 101 Å². The summed E-state index contributed by atoms with van der Waals surface area (Å²) < 4.78 is 0. The summed E-state index contributed by atoms with van der Waals surface area (Å²) in [4.78, 5) is 8.33. The Morgan fingerprint density at radius 3 is 2.16 bits per heavy atom. The summed E-state index contributed by atoms with van der Waals surface area (Å²) in [5.41, 5.74) is 4.69.